The van der Waals surface area contributed by atoms with Gasteiger partial charge in [0, 0.05) is 13.1 Å². The number of nitriles is 1. The molecule has 5 heteroatoms. The number of ether oxygens (including phenoxy) is 1. The van der Waals surface area contributed by atoms with Gasteiger partial charge in [0.2, 0.25) is 0 Å². The highest BCUT2D eigenvalue weighted by Crippen LogP contribution is 2.22. The van der Waals surface area contributed by atoms with Crippen molar-refractivity contribution >= 4 is 16.7 Å². The van der Waals surface area contributed by atoms with Crippen LogP contribution in [0.15, 0.2) is 60.7 Å². The summed E-state index contributed by atoms with van der Waals surface area (Å²) in [6.07, 6.45) is 0.0251. The molecule has 2 heterocycles. The number of likely N-dealkylation sites (tertiary alicyclic amines) is 1. The van der Waals surface area contributed by atoms with Crippen LogP contribution in [-0.2, 0) is 11.3 Å². The summed E-state index contributed by atoms with van der Waals surface area (Å²) in [5, 5.41) is 11.3. The number of rotatable bonds is 4. The highest BCUT2D eigenvalue weighted by Gasteiger charge is 2.32. The first-order chi connectivity index (χ1) is 12.7. The average molecular weight is 343 g/mol. The molecule has 5 nitrogen and oxygen atoms in total. The minimum atomic E-state index is -0.160. The lowest BCUT2D eigenvalue weighted by molar-refractivity contribution is -0.0501. The van der Waals surface area contributed by atoms with Crippen molar-refractivity contribution < 1.29 is 9.53 Å². The predicted octanol–water partition coefficient (Wildman–Crippen LogP) is 3.15. The van der Waals surface area contributed by atoms with Crippen LogP contribution in [0, 0.1) is 11.3 Å². The van der Waals surface area contributed by atoms with Crippen molar-refractivity contribution in [3.63, 3.8) is 0 Å². The van der Waals surface area contributed by atoms with E-state index in [4.69, 9.17) is 10.00 Å². The molecule has 0 bridgehead atoms. The van der Waals surface area contributed by atoms with Crippen molar-refractivity contribution in [3.8, 4) is 6.07 Å². The third-order valence-corrected chi connectivity index (χ3v) is 4.57. The Bertz CT molecular complexity index is 998. The van der Waals surface area contributed by atoms with Crippen molar-refractivity contribution in [2.45, 2.75) is 12.7 Å². The summed E-state index contributed by atoms with van der Waals surface area (Å²) in [7, 11) is 0. The number of pyridine rings is 1. The molecule has 0 unspecified atom stereocenters. The lowest BCUT2D eigenvalue weighted by Crippen LogP contribution is -2.54. The van der Waals surface area contributed by atoms with E-state index in [0.29, 0.717) is 25.4 Å². The number of amides is 1. The number of aromatic nitrogens is 1. The summed E-state index contributed by atoms with van der Waals surface area (Å²) in [6, 6.07) is 21.3. The van der Waals surface area contributed by atoms with Gasteiger partial charge in [-0.05, 0) is 28.5 Å². The fourth-order valence-corrected chi connectivity index (χ4v) is 3.11. The minimum Gasteiger partial charge on any atom is -0.370 e. The van der Waals surface area contributed by atoms with E-state index < -0.39 is 0 Å². The molecule has 2 aromatic carbocycles. The summed E-state index contributed by atoms with van der Waals surface area (Å²) >= 11 is 0. The van der Waals surface area contributed by atoms with Gasteiger partial charge in [-0.1, -0.05) is 48.5 Å². The first kappa shape index (κ1) is 16.2. The number of fused-ring (bicyclic) bond motifs is 1. The third-order valence-electron chi connectivity index (χ3n) is 4.57. The fraction of sp³-hybridized carbons (Fsp3) is 0.190. The SMILES string of the molecule is N#Cc1cccc(C(=O)N2CC(OCc3cccc4ccccc34)C2)n1. The van der Waals surface area contributed by atoms with Gasteiger partial charge in [0.15, 0.2) is 0 Å². The Kier molecular flexibility index (Phi) is 4.34. The molecule has 128 valence electrons. The first-order valence-corrected chi connectivity index (χ1v) is 8.49. The van der Waals surface area contributed by atoms with Gasteiger partial charge in [-0.15, -0.1) is 0 Å². The maximum Gasteiger partial charge on any atom is 0.272 e. The van der Waals surface area contributed by atoms with Crippen LogP contribution in [0.4, 0.5) is 0 Å². The van der Waals surface area contributed by atoms with Gasteiger partial charge in [0.1, 0.15) is 17.5 Å². The van der Waals surface area contributed by atoms with Crippen LogP contribution in [0.25, 0.3) is 10.8 Å². The second-order valence-electron chi connectivity index (χ2n) is 6.30. The Hall–Kier alpha value is -3.23. The number of carbonyl (C=O) groups excluding carboxylic acids is 1. The van der Waals surface area contributed by atoms with Crippen LogP contribution in [0.1, 0.15) is 21.7 Å². The molecule has 4 rings (SSSR count). The van der Waals surface area contributed by atoms with Gasteiger partial charge < -0.3 is 9.64 Å². The Balaban J connectivity index is 1.35. The van der Waals surface area contributed by atoms with Gasteiger partial charge in [0.05, 0.1) is 12.7 Å². The molecule has 0 N–H and O–H groups in total. The molecule has 0 atom stereocenters. The van der Waals surface area contributed by atoms with E-state index >= 15 is 0 Å². The zero-order valence-electron chi connectivity index (χ0n) is 14.1. The van der Waals surface area contributed by atoms with Gasteiger partial charge >= 0.3 is 0 Å². The van der Waals surface area contributed by atoms with Crippen molar-refractivity contribution in [1.82, 2.24) is 9.88 Å². The summed E-state index contributed by atoms with van der Waals surface area (Å²) in [5.74, 6) is -0.160. The van der Waals surface area contributed by atoms with Crippen LogP contribution in [0.2, 0.25) is 0 Å². The fourth-order valence-electron chi connectivity index (χ4n) is 3.11. The van der Waals surface area contributed by atoms with E-state index in [-0.39, 0.29) is 17.7 Å². The maximum atomic E-state index is 12.4. The normalized spacial score (nSPS) is 14.0. The summed E-state index contributed by atoms with van der Waals surface area (Å²) < 4.78 is 5.97. The van der Waals surface area contributed by atoms with Crippen LogP contribution in [0.3, 0.4) is 0 Å². The Labute approximate surface area is 151 Å². The van der Waals surface area contributed by atoms with Crippen molar-refractivity contribution in [2.24, 2.45) is 0 Å². The molecule has 0 saturated carbocycles. The molecule has 1 amide bonds. The number of nitrogens with zero attached hydrogens (tertiary/aromatic N) is 3. The summed E-state index contributed by atoms with van der Waals surface area (Å²) in [6.45, 7) is 1.61. The molecule has 1 aromatic heterocycles. The van der Waals surface area contributed by atoms with E-state index in [1.165, 1.54) is 10.8 Å². The first-order valence-electron chi connectivity index (χ1n) is 8.49. The van der Waals surface area contributed by atoms with Crippen molar-refractivity contribution in [1.29, 1.82) is 5.26 Å². The number of hydrogen-bond donors (Lipinski definition) is 0. The van der Waals surface area contributed by atoms with Crippen LogP contribution in [0.5, 0.6) is 0 Å². The minimum absolute atomic E-state index is 0.0251. The Morgan fingerprint density at radius 2 is 1.88 bits per heavy atom. The molecule has 0 spiro atoms. The van der Waals surface area contributed by atoms with Gasteiger partial charge in [-0.25, -0.2) is 4.98 Å². The maximum absolute atomic E-state index is 12.4. The standard InChI is InChI=1S/C21H17N3O2/c22-11-17-8-4-10-20(23-17)21(25)24-12-18(13-24)26-14-16-7-3-6-15-5-1-2-9-19(15)16/h1-10,18H,12-14H2. The number of hydrogen-bond acceptors (Lipinski definition) is 4. The monoisotopic (exact) mass is 343 g/mol. The van der Waals surface area contributed by atoms with E-state index in [0.717, 1.165) is 5.56 Å². The zero-order valence-corrected chi connectivity index (χ0v) is 14.1. The molecule has 1 fully saturated rings. The lowest BCUT2D eigenvalue weighted by Gasteiger charge is -2.38. The molecule has 0 aliphatic carbocycles. The molecular weight excluding hydrogens is 326 g/mol. The van der Waals surface area contributed by atoms with Gasteiger partial charge in [-0.2, -0.15) is 5.26 Å². The highest BCUT2D eigenvalue weighted by atomic mass is 16.5. The number of benzene rings is 2. The van der Waals surface area contributed by atoms with Crippen LogP contribution < -0.4 is 0 Å². The molecule has 26 heavy (non-hydrogen) atoms. The van der Waals surface area contributed by atoms with E-state index in [9.17, 15) is 4.79 Å². The smallest absolute Gasteiger partial charge is 0.272 e. The second-order valence-corrected chi connectivity index (χ2v) is 6.30. The quantitative estimate of drug-likeness (QED) is 0.730. The molecule has 1 saturated heterocycles. The number of carbonyl (C=O) groups is 1. The van der Waals surface area contributed by atoms with Crippen LogP contribution in [-0.4, -0.2) is 35.0 Å². The van der Waals surface area contributed by atoms with Gasteiger partial charge in [0.25, 0.3) is 5.91 Å². The molecule has 1 aliphatic heterocycles. The molecule has 1 aliphatic rings. The van der Waals surface area contributed by atoms with Crippen molar-refractivity contribution in [3.05, 3.63) is 77.6 Å². The Morgan fingerprint density at radius 3 is 2.73 bits per heavy atom. The van der Waals surface area contributed by atoms with Gasteiger partial charge in [-0.3, -0.25) is 4.79 Å². The lowest BCUT2D eigenvalue weighted by atomic mass is 10.1. The summed E-state index contributed by atoms with van der Waals surface area (Å²) in [4.78, 5) is 18.1. The molecular formula is C21H17N3O2. The second kappa shape index (κ2) is 6.95. The van der Waals surface area contributed by atoms with E-state index in [2.05, 4.69) is 29.2 Å². The molecule has 3 aromatic rings. The summed E-state index contributed by atoms with van der Waals surface area (Å²) in [5.41, 5.74) is 1.70. The zero-order chi connectivity index (χ0) is 17.9. The Morgan fingerprint density at radius 1 is 1.12 bits per heavy atom. The third kappa shape index (κ3) is 3.15. The molecule has 0 radical (unpaired) electrons. The average Bonchev–Trinajstić information content (AvgIpc) is 2.66. The largest absolute Gasteiger partial charge is 0.370 e. The van der Waals surface area contributed by atoms with E-state index in [1.54, 1.807) is 23.1 Å². The van der Waals surface area contributed by atoms with E-state index in [1.807, 2.05) is 24.3 Å². The van der Waals surface area contributed by atoms with Crippen molar-refractivity contribution in [2.75, 3.05) is 13.1 Å². The topological polar surface area (TPSA) is 66.2 Å². The predicted molar refractivity (Wildman–Crippen MR) is 97.4 cm³/mol. The highest BCUT2D eigenvalue weighted by molar-refractivity contribution is 5.93. The van der Waals surface area contributed by atoms with Crippen LogP contribution >= 0.6 is 0 Å².